The van der Waals surface area contributed by atoms with Crippen molar-refractivity contribution < 1.29 is 9.90 Å². The van der Waals surface area contributed by atoms with Gasteiger partial charge in [0.05, 0.1) is 6.61 Å². The van der Waals surface area contributed by atoms with Crippen LogP contribution in [-0.2, 0) is 11.2 Å². The lowest BCUT2D eigenvalue weighted by Gasteiger charge is -2.34. The fourth-order valence-corrected chi connectivity index (χ4v) is 2.95. The molecule has 0 saturated carbocycles. The van der Waals surface area contributed by atoms with Crippen molar-refractivity contribution in [3.05, 3.63) is 35.9 Å². The van der Waals surface area contributed by atoms with Gasteiger partial charge in [-0.2, -0.15) is 0 Å². The Labute approximate surface area is 133 Å². The maximum atomic E-state index is 12.3. The first-order chi connectivity index (χ1) is 10.7. The van der Waals surface area contributed by atoms with Crippen molar-refractivity contribution in [3.8, 4) is 0 Å². The summed E-state index contributed by atoms with van der Waals surface area (Å²) in [4.78, 5) is 16.5. The SMILES string of the molecule is C[C@H](CCc1ccccc1)CC(=O)N1CCN(CCO)CC1. The summed E-state index contributed by atoms with van der Waals surface area (Å²) in [6, 6.07) is 10.5. The number of β-amino-alcohol motifs (C(OH)–C–C–N with tert-alkyl or cyclic N) is 1. The third-order valence-electron chi connectivity index (χ3n) is 4.43. The Morgan fingerprint density at radius 3 is 2.50 bits per heavy atom. The van der Waals surface area contributed by atoms with Gasteiger partial charge >= 0.3 is 0 Å². The van der Waals surface area contributed by atoms with Gasteiger partial charge in [0.15, 0.2) is 0 Å². The molecule has 0 bridgehead atoms. The van der Waals surface area contributed by atoms with Crippen LogP contribution < -0.4 is 0 Å². The van der Waals surface area contributed by atoms with E-state index in [2.05, 4.69) is 36.1 Å². The van der Waals surface area contributed by atoms with Crippen LogP contribution in [0.3, 0.4) is 0 Å². The number of carbonyl (C=O) groups excluding carboxylic acids is 1. The van der Waals surface area contributed by atoms with Crippen LogP contribution in [0.1, 0.15) is 25.3 Å². The van der Waals surface area contributed by atoms with E-state index in [0.29, 0.717) is 12.3 Å². The second-order valence-electron chi connectivity index (χ2n) is 6.28. The van der Waals surface area contributed by atoms with E-state index in [1.807, 2.05) is 11.0 Å². The number of aliphatic hydroxyl groups is 1. The average molecular weight is 304 g/mol. The summed E-state index contributed by atoms with van der Waals surface area (Å²) < 4.78 is 0. The Kier molecular flexibility index (Phi) is 6.87. The second-order valence-corrected chi connectivity index (χ2v) is 6.28. The highest BCUT2D eigenvalue weighted by Gasteiger charge is 2.21. The quantitative estimate of drug-likeness (QED) is 0.835. The molecule has 1 atom stereocenters. The van der Waals surface area contributed by atoms with Crippen molar-refractivity contribution in [2.45, 2.75) is 26.2 Å². The average Bonchev–Trinajstić information content (AvgIpc) is 2.55. The molecule has 1 amide bonds. The van der Waals surface area contributed by atoms with Crippen molar-refractivity contribution in [3.63, 3.8) is 0 Å². The molecule has 0 aromatic heterocycles. The first kappa shape index (κ1) is 17.0. The number of piperazine rings is 1. The fraction of sp³-hybridized carbons (Fsp3) is 0.611. The number of benzene rings is 1. The maximum absolute atomic E-state index is 12.3. The van der Waals surface area contributed by atoms with Crippen molar-refractivity contribution in [2.75, 3.05) is 39.3 Å². The number of aliphatic hydroxyl groups excluding tert-OH is 1. The molecule has 1 aromatic rings. The van der Waals surface area contributed by atoms with Gasteiger partial charge in [-0.15, -0.1) is 0 Å². The third kappa shape index (κ3) is 5.43. The van der Waals surface area contributed by atoms with E-state index in [0.717, 1.165) is 45.6 Å². The lowest BCUT2D eigenvalue weighted by molar-refractivity contribution is -0.133. The summed E-state index contributed by atoms with van der Waals surface area (Å²) >= 11 is 0. The van der Waals surface area contributed by atoms with E-state index in [1.54, 1.807) is 0 Å². The third-order valence-corrected chi connectivity index (χ3v) is 4.43. The molecule has 1 aromatic carbocycles. The summed E-state index contributed by atoms with van der Waals surface area (Å²) in [5.74, 6) is 0.701. The first-order valence-electron chi connectivity index (χ1n) is 8.34. The summed E-state index contributed by atoms with van der Waals surface area (Å²) in [7, 11) is 0. The standard InChI is InChI=1S/C18H28N2O2/c1-16(7-8-17-5-3-2-4-6-17)15-18(22)20-11-9-19(10-12-20)13-14-21/h2-6,16,21H,7-15H2,1H3/t16-/m1/s1. The van der Waals surface area contributed by atoms with Crippen LogP contribution in [0.25, 0.3) is 0 Å². The molecular formula is C18H28N2O2. The molecule has 22 heavy (non-hydrogen) atoms. The molecule has 1 aliphatic rings. The highest BCUT2D eigenvalue weighted by atomic mass is 16.3. The molecule has 1 aliphatic heterocycles. The van der Waals surface area contributed by atoms with E-state index in [1.165, 1.54) is 5.56 Å². The summed E-state index contributed by atoms with van der Waals surface area (Å²) in [5, 5.41) is 8.94. The van der Waals surface area contributed by atoms with Gasteiger partial charge in [0.25, 0.3) is 0 Å². The van der Waals surface area contributed by atoms with Crippen molar-refractivity contribution in [1.29, 1.82) is 0 Å². The lowest BCUT2D eigenvalue weighted by atomic mass is 9.97. The van der Waals surface area contributed by atoms with E-state index in [4.69, 9.17) is 5.11 Å². The molecule has 1 N–H and O–H groups in total. The number of hydrogen-bond acceptors (Lipinski definition) is 3. The number of nitrogens with zero attached hydrogens (tertiary/aromatic N) is 2. The maximum Gasteiger partial charge on any atom is 0.222 e. The number of rotatable bonds is 7. The minimum atomic E-state index is 0.199. The minimum absolute atomic E-state index is 0.199. The van der Waals surface area contributed by atoms with Crippen molar-refractivity contribution >= 4 is 5.91 Å². The van der Waals surface area contributed by atoms with E-state index < -0.39 is 0 Å². The molecule has 2 rings (SSSR count). The second kappa shape index (κ2) is 8.91. The topological polar surface area (TPSA) is 43.8 Å². The van der Waals surface area contributed by atoms with Gasteiger partial charge < -0.3 is 10.0 Å². The van der Waals surface area contributed by atoms with Crippen LogP contribution in [0, 0.1) is 5.92 Å². The Morgan fingerprint density at radius 1 is 1.18 bits per heavy atom. The van der Waals surface area contributed by atoms with Gasteiger partial charge in [-0.25, -0.2) is 0 Å². The first-order valence-corrected chi connectivity index (χ1v) is 8.34. The number of hydrogen-bond donors (Lipinski definition) is 1. The molecule has 0 spiro atoms. The predicted octanol–water partition coefficient (Wildman–Crippen LogP) is 1.78. The zero-order chi connectivity index (χ0) is 15.8. The molecular weight excluding hydrogens is 276 g/mol. The van der Waals surface area contributed by atoms with Crippen LogP contribution in [-0.4, -0.2) is 60.1 Å². The number of aryl methyl sites for hydroxylation is 1. The Hall–Kier alpha value is -1.39. The van der Waals surface area contributed by atoms with Gasteiger partial charge in [-0.05, 0) is 24.3 Å². The normalized spacial score (nSPS) is 17.5. The van der Waals surface area contributed by atoms with Crippen LogP contribution >= 0.6 is 0 Å². The van der Waals surface area contributed by atoms with E-state index in [-0.39, 0.29) is 12.5 Å². The van der Waals surface area contributed by atoms with Crippen molar-refractivity contribution in [1.82, 2.24) is 9.80 Å². The van der Waals surface area contributed by atoms with E-state index in [9.17, 15) is 4.79 Å². The van der Waals surface area contributed by atoms with Crippen LogP contribution in [0.15, 0.2) is 30.3 Å². The van der Waals surface area contributed by atoms with Gasteiger partial charge in [0, 0.05) is 39.1 Å². The lowest BCUT2D eigenvalue weighted by Crippen LogP contribution is -2.49. The van der Waals surface area contributed by atoms with Gasteiger partial charge in [-0.1, -0.05) is 37.3 Å². The molecule has 0 radical (unpaired) electrons. The summed E-state index contributed by atoms with van der Waals surface area (Å²) in [6.45, 7) is 6.44. The molecule has 0 unspecified atom stereocenters. The Balaban J connectivity index is 1.68. The molecule has 122 valence electrons. The number of carbonyl (C=O) groups is 1. The number of amides is 1. The monoisotopic (exact) mass is 304 g/mol. The molecule has 4 nitrogen and oxygen atoms in total. The van der Waals surface area contributed by atoms with Gasteiger partial charge in [-0.3, -0.25) is 9.69 Å². The van der Waals surface area contributed by atoms with Crippen LogP contribution in [0.5, 0.6) is 0 Å². The zero-order valence-corrected chi connectivity index (χ0v) is 13.6. The fourth-order valence-electron chi connectivity index (χ4n) is 2.95. The van der Waals surface area contributed by atoms with Crippen molar-refractivity contribution in [2.24, 2.45) is 5.92 Å². The molecule has 1 saturated heterocycles. The molecule has 4 heteroatoms. The minimum Gasteiger partial charge on any atom is -0.395 e. The Bertz CT molecular complexity index is 442. The molecule has 0 aliphatic carbocycles. The highest BCUT2D eigenvalue weighted by Crippen LogP contribution is 2.15. The summed E-state index contributed by atoms with van der Waals surface area (Å²) in [5.41, 5.74) is 1.35. The van der Waals surface area contributed by atoms with E-state index >= 15 is 0 Å². The van der Waals surface area contributed by atoms with Gasteiger partial charge in [0.2, 0.25) is 5.91 Å². The zero-order valence-electron chi connectivity index (χ0n) is 13.6. The summed E-state index contributed by atoms with van der Waals surface area (Å²) in [6.07, 6.45) is 2.74. The molecule has 1 heterocycles. The molecule has 1 fully saturated rings. The highest BCUT2D eigenvalue weighted by molar-refractivity contribution is 5.76. The van der Waals surface area contributed by atoms with Crippen LogP contribution in [0.4, 0.5) is 0 Å². The Morgan fingerprint density at radius 2 is 1.86 bits per heavy atom. The largest absolute Gasteiger partial charge is 0.395 e. The van der Waals surface area contributed by atoms with Crippen LogP contribution in [0.2, 0.25) is 0 Å². The van der Waals surface area contributed by atoms with Gasteiger partial charge in [0.1, 0.15) is 0 Å². The predicted molar refractivity (Wildman–Crippen MR) is 88.6 cm³/mol. The smallest absolute Gasteiger partial charge is 0.222 e.